The molecule has 2 aromatic heterocycles. The number of halogens is 1. The van der Waals surface area contributed by atoms with Gasteiger partial charge in [0.25, 0.3) is 0 Å². The van der Waals surface area contributed by atoms with Crippen LogP contribution in [0.5, 0.6) is 0 Å². The maximum absolute atomic E-state index is 13.3. The van der Waals surface area contributed by atoms with E-state index in [-0.39, 0.29) is 17.8 Å². The second-order valence-electron chi connectivity index (χ2n) is 6.36. The molecule has 2 aromatic carbocycles. The molecule has 7 heteroatoms. The average Bonchev–Trinajstić information content (AvgIpc) is 3.36. The number of amides is 1. The maximum Gasteiger partial charge on any atom is 0.243 e. The summed E-state index contributed by atoms with van der Waals surface area (Å²) in [7, 11) is 0. The summed E-state index contributed by atoms with van der Waals surface area (Å²) in [5.41, 5.74) is 1.75. The van der Waals surface area contributed by atoms with Crippen molar-refractivity contribution in [2.75, 3.05) is 5.32 Å². The van der Waals surface area contributed by atoms with Crippen molar-refractivity contribution in [3.8, 4) is 0 Å². The number of para-hydroxylation sites is 1. The predicted molar refractivity (Wildman–Crippen MR) is 113 cm³/mol. The van der Waals surface area contributed by atoms with Gasteiger partial charge in [-0.2, -0.15) is 0 Å². The van der Waals surface area contributed by atoms with Gasteiger partial charge < -0.3 is 10.6 Å². The van der Waals surface area contributed by atoms with Crippen molar-refractivity contribution in [2.45, 2.75) is 19.0 Å². The number of carbonyl (C=O) groups excluding carboxylic acids is 1. The molecule has 2 unspecified atom stereocenters. The zero-order valence-corrected chi connectivity index (χ0v) is 16.7. The number of aromatic nitrogens is 1. The van der Waals surface area contributed by atoms with Gasteiger partial charge in [-0.25, -0.2) is 9.37 Å². The summed E-state index contributed by atoms with van der Waals surface area (Å²) >= 11 is 3.07. The average molecular weight is 412 g/mol. The van der Waals surface area contributed by atoms with E-state index in [2.05, 4.69) is 15.6 Å². The second-order valence-corrected chi connectivity index (χ2v) is 8.37. The molecule has 0 radical (unpaired) electrons. The molecule has 142 valence electrons. The third-order valence-corrected chi connectivity index (χ3v) is 6.25. The number of nitrogens with zero attached hydrogens (tertiary/aromatic N) is 1. The quantitative estimate of drug-likeness (QED) is 0.458. The van der Waals surface area contributed by atoms with Gasteiger partial charge in [-0.1, -0.05) is 41.7 Å². The van der Waals surface area contributed by atoms with Crippen molar-refractivity contribution in [2.24, 2.45) is 0 Å². The molecular formula is C21H18FN3OS2. The van der Waals surface area contributed by atoms with E-state index in [1.807, 2.05) is 41.8 Å². The molecule has 0 aliphatic rings. The predicted octanol–water partition coefficient (Wildman–Crippen LogP) is 5.20. The lowest BCUT2D eigenvalue weighted by atomic mass is 10.0. The standard InChI is InChI=1S/C21H18FN3OS2/c1-13(23-21-24-16-5-2-3-6-17(16)28-21)20(26)25-19(18-7-4-12-27-18)14-8-10-15(22)11-9-14/h2-13,19H,1H3,(H,23,24)(H,25,26). The molecule has 4 rings (SSSR count). The Bertz CT molecular complexity index is 1040. The topological polar surface area (TPSA) is 54.0 Å². The van der Waals surface area contributed by atoms with Crippen LogP contribution < -0.4 is 10.6 Å². The van der Waals surface area contributed by atoms with E-state index in [1.165, 1.54) is 23.5 Å². The molecule has 0 fully saturated rings. The minimum Gasteiger partial charge on any atom is -0.350 e. The summed E-state index contributed by atoms with van der Waals surface area (Å²) in [6, 6.07) is 17.2. The van der Waals surface area contributed by atoms with Gasteiger partial charge in [0.05, 0.1) is 16.3 Å². The Labute approximate surface area is 170 Å². The lowest BCUT2D eigenvalue weighted by Crippen LogP contribution is -2.39. The van der Waals surface area contributed by atoms with Crippen molar-refractivity contribution >= 4 is 43.9 Å². The highest BCUT2D eigenvalue weighted by Crippen LogP contribution is 2.28. The normalized spacial score (nSPS) is 13.2. The Morgan fingerprint density at radius 2 is 1.86 bits per heavy atom. The summed E-state index contributed by atoms with van der Waals surface area (Å²) in [5.74, 6) is -0.451. The molecule has 4 aromatic rings. The third kappa shape index (κ3) is 4.05. The van der Waals surface area contributed by atoms with Gasteiger partial charge in [-0.05, 0) is 48.2 Å². The van der Waals surface area contributed by atoms with Crippen molar-refractivity contribution < 1.29 is 9.18 Å². The number of carbonyl (C=O) groups is 1. The molecular weight excluding hydrogens is 393 g/mol. The Balaban J connectivity index is 1.51. The van der Waals surface area contributed by atoms with Crippen LogP contribution in [-0.2, 0) is 4.79 Å². The minimum absolute atomic E-state index is 0.151. The van der Waals surface area contributed by atoms with Gasteiger partial charge >= 0.3 is 0 Å². The van der Waals surface area contributed by atoms with Crippen molar-refractivity contribution in [1.29, 1.82) is 0 Å². The summed E-state index contributed by atoms with van der Waals surface area (Å²) in [4.78, 5) is 18.4. The Morgan fingerprint density at radius 3 is 2.57 bits per heavy atom. The third-order valence-electron chi connectivity index (χ3n) is 4.34. The van der Waals surface area contributed by atoms with Gasteiger partial charge in [0.2, 0.25) is 5.91 Å². The van der Waals surface area contributed by atoms with E-state index >= 15 is 0 Å². The number of thiophene rings is 1. The molecule has 28 heavy (non-hydrogen) atoms. The highest BCUT2D eigenvalue weighted by Gasteiger charge is 2.22. The van der Waals surface area contributed by atoms with Crippen LogP contribution in [0.4, 0.5) is 9.52 Å². The molecule has 0 spiro atoms. The summed E-state index contributed by atoms with van der Waals surface area (Å²) < 4.78 is 14.4. The lowest BCUT2D eigenvalue weighted by Gasteiger charge is -2.21. The molecule has 0 aliphatic carbocycles. The SMILES string of the molecule is CC(Nc1nc2ccccc2s1)C(=O)NC(c1ccc(F)cc1)c1cccs1. The number of fused-ring (bicyclic) bond motifs is 1. The fourth-order valence-electron chi connectivity index (χ4n) is 2.88. The molecule has 0 saturated heterocycles. The smallest absolute Gasteiger partial charge is 0.243 e. The summed E-state index contributed by atoms with van der Waals surface area (Å²) in [6.45, 7) is 1.80. The first-order valence-electron chi connectivity index (χ1n) is 8.81. The van der Waals surface area contributed by atoms with Crippen LogP contribution in [0.3, 0.4) is 0 Å². The maximum atomic E-state index is 13.3. The van der Waals surface area contributed by atoms with E-state index in [4.69, 9.17) is 0 Å². The second kappa shape index (κ2) is 8.08. The zero-order valence-electron chi connectivity index (χ0n) is 15.1. The Morgan fingerprint density at radius 1 is 1.07 bits per heavy atom. The van der Waals surface area contributed by atoms with E-state index in [9.17, 15) is 9.18 Å². The number of benzene rings is 2. The molecule has 0 aliphatic heterocycles. The van der Waals surface area contributed by atoms with Crippen molar-refractivity contribution in [3.63, 3.8) is 0 Å². The number of hydrogen-bond acceptors (Lipinski definition) is 5. The van der Waals surface area contributed by atoms with Gasteiger partial charge in [0.1, 0.15) is 11.9 Å². The van der Waals surface area contributed by atoms with E-state index in [1.54, 1.807) is 30.4 Å². The Hall–Kier alpha value is -2.77. The van der Waals surface area contributed by atoms with Gasteiger partial charge in [0, 0.05) is 4.88 Å². The fraction of sp³-hybridized carbons (Fsp3) is 0.143. The number of hydrogen-bond donors (Lipinski definition) is 2. The molecule has 4 nitrogen and oxygen atoms in total. The van der Waals surface area contributed by atoms with E-state index < -0.39 is 6.04 Å². The first-order chi connectivity index (χ1) is 13.6. The first kappa shape index (κ1) is 18.6. The summed E-state index contributed by atoms with van der Waals surface area (Å²) in [6.07, 6.45) is 0. The number of nitrogens with one attached hydrogen (secondary N) is 2. The van der Waals surface area contributed by atoms with E-state index in [0.29, 0.717) is 5.13 Å². The number of anilines is 1. The minimum atomic E-state index is -0.469. The number of thiazole rings is 1. The first-order valence-corrected chi connectivity index (χ1v) is 10.5. The molecule has 2 atom stereocenters. The lowest BCUT2D eigenvalue weighted by molar-refractivity contribution is -0.122. The molecule has 2 N–H and O–H groups in total. The van der Waals surface area contributed by atoms with Gasteiger partial charge in [-0.3, -0.25) is 4.79 Å². The highest BCUT2D eigenvalue weighted by molar-refractivity contribution is 7.22. The van der Waals surface area contributed by atoms with Gasteiger partial charge in [-0.15, -0.1) is 11.3 Å². The monoisotopic (exact) mass is 411 g/mol. The van der Waals surface area contributed by atoms with Crippen molar-refractivity contribution in [1.82, 2.24) is 10.3 Å². The van der Waals surface area contributed by atoms with Crippen LogP contribution in [0.2, 0.25) is 0 Å². The molecule has 0 bridgehead atoms. The molecule has 1 amide bonds. The number of rotatable bonds is 6. The highest BCUT2D eigenvalue weighted by atomic mass is 32.1. The molecule has 2 heterocycles. The van der Waals surface area contributed by atoms with Crippen LogP contribution in [0.15, 0.2) is 66.0 Å². The summed E-state index contributed by atoms with van der Waals surface area (Å²) in [5, 5.41) is 8.92. The Kier molecular flexibility index (Phi) is 5.36. The van der Waals surface area contributed by atoms with Crippen LogP contribution in [0, 0.1) is 5.82 Å². The molecule has 0 saturated carbocycles. The van der Waals surface area contributed by atoms with E-state index in [0.717, 1.165) is 20.7 Å². The van der Waals surface area contributed by atoms with Gasteiger partial charge in [0.15, 0.2) is 5.13 Å². The van der Waals surface area contributed by atoms with Crippen LogP contribution in [-0.4, -0.2) is 16.9 Å². The zero-order chi connectivity index (χ0) is 19.5. The van der Waals surface area contributed by atoms with Crippen LogP contribution >= 0.6 is 22.7 Å². The fourth-order valence-corrected chi connectivity index (χ4v) is 4.64. The largest absolute Gasteiger partial charge is 0.350 e. The van der Waals surface area contributed by atoms with Crippen LogP contribution in [0.1, 0.15) is 23.4 Å². The van der Waals surface area contributed by atoms with Crippen LogP contribution in [0.25, 0.3) is 10.2 Å². The van der Waals surface area contributed by atoms with Crippen molar-refractivity contribution in [3.05, 3.63) is 82.3 Å².